The van der Waals surface area contributed by atoms with E-state index in [1.54, 1.807) is 24.5 Å². The van der Waals surface area contributed by atoms with Crippen LogP contribution in [-0.4, -0.2) is 55.4 Å². The van der Waals surface area contributed by atoms with Gasteiger partial charge in [0.05, 0.1) is 36.9 Å². The van der Waals surface area contributed by atoms with E-state index in [2.05, 4.69) is 25.2 Å². The smallest absolute Gasteiger partial charge is 0.170 e. The van der Waals surface area contributed by atoms with E-state index in [9.17, 15) is 9.18 Å². The summed E-state index contributed by atoms with van der Waals surface area (Å²) < 4.78 is 21.2. The Bertz CT molecular complexity index is 1250. The van der Waals surface area contributed by atoms with E-state index in [0.29, 0.717) is 24.5 Å². The predicted octanol–water partition coefficient (Wildman–Crippen LogP) is 3.04. The molecule has 0 aliphatic carbocycles. The van der Waals surface area contributed by atoms with Crippen molar-refractivity contribution in [3.8, 4) is 16.9 Å². The quantitative estimate of drug-likeness (QED) is 0.420. The molecule has 1 aliphatic rings. The molecule has 4 heterocycles. The van der Waals surface area contributed by atoms with Gasteiger partial charge in [-0.3, -0.25) is 9.48 Å². The van der Waals surface area contributed by atoms with Crippen LogP contribution >= 0.6 is 0 Å². The summed E-state index contributed by atoms with van der Waals surface area (Å²) in [6.45, 7) is 3.66. The standard InChI is InChI=1S/C23H22FN7O2/c1-16-13-21(23(20(15-32)27-16)31-25-8-9-26-31)30-10-2-12-33-22(30)14-29-11-7-19(28-29)17-3-5-18(24)6-4-17/h3-9,11,13,15,22H,2,10,12,14H2,1H3. The molecule has 1 atom stereocenters. The molecule has 4 aromatic rings. The number of nitrogens with zero attached hydrogens (tertiary/aromatic N) is 7. The minimum absolute atomic E-state index is 0.267. The van der Waals surface area contributed by atoms with Crippen LogP contribution in [0.2, 0.25) is 0 Å². The molecule has 168 valence electrons. The monoisotopic (exact) mass is 447 g/mol. The summed E-state index contributed by atoms with van der Waals surface area (Å²) in [7, 11) is 0. The third-order valence-corrected chi connectivity index (χ3v) is 5.49. The highest BCUT2D eigenvalue weighted by Gasteiger charge is 2.29. The van der Waals surface area contributed by atoms with Crippen LogP contribution in [0, 0.1) is 12.7 Å². The zero-order valence-corrected chi connectivity index (χ0v) is 18.0. The van der Waals surface area contributed by atoms with Crippen molar-refractivity contribution in [1.29, 1.82) is 0 Å². The van der Waals surface area contributed by atoms with Gasteiger partial charge in [0.25, 0.3) is 0 Å². The molecule has 1 aromatic carbocycles. The lowest BCUT2D eigenvalue weighted by Crippen LogP contribution is -2.46. The molecular formula is C23H22FN7O2. The molecule has 0 bridgehead atoms. The molecule has 0 radical (unpaired) electrons. The fourth-order valence-corrected chi connectivity index (χ4v) is 4.02. The van der Waals surface area contributed by atoms with Crippen molar-refractivity contribution in [2.75, 3.05) is 18.1 Å². The van der Waals surface area contributed by atoms with Gasteiger partial charge < -0.3 is 9.64 Å². The van der Waals surface area contributed by atoms with Gasteiger partial charge >= 0.3 is 0 Å². The molecule has 1 saturated heterocycles. The Morgan fingerprint density at radius 3 is 2.73 bits per heavy atom. The molecule has 0 amide bonds. The van der Waals surface area contributed by atoms with E-state index in [4.69, 9.17) is 4.74 Å². The third-order valence-electron chi connectivity index (χ3n) is 5.49. The number of halogens is 1. The molecule has 9 nitrogen and oxygen atoms in total. The Hall–Kier alpha value is -3.92. The van der Waals surface area contributed by atoms with Gasteiger partial charge in [-0.1, -0.05) is 0 Å². The lowest BCUT2D eigenvalue weighted by Gasteiger charge is -2.38. The van der Waals surface area contributed by atoms with Gasteiger partial charge in [0, 0.05) is 24.0 Å². The van der Waals surface area contributed by atoms with Crippen LogP contribution in [0.1, 0.15) is 22.6 Å². The molecule has 1 aliphatic heterocycles. The first kappa shape index (κ1) is 21.0. The van der Waals surface area contributed by atoms with Gasteiger partial charge in [-0.25, -0.2) is 9.37 Å². The second-order valence-electron chi connectivity index (χ2n) is 7.76. The number of aryl methyl sites for hydroxylation is 1. The number of rotatable bonds is 6. The van der Waals surface area contributed by atoms with Crippen LogP contribution in [0.3, 0.4) is 0 Å². The summed E-state index contributed by atoms with van der Waals surface area (Å²) in [5, 5.41) is 13.1. The average molecular weight is 447 g/mol. The summed E-state index contributed by atoms with van der Waals surface area (Å²) in [5.41, 5.74) is 3.86. The van der Waals surface area contributed by atoms with Crippen molar-refractivity contribution in [2.24, 2.45) is 0 Å². The number of aromatic nitrogens is 6. The zero-order valence-electron chi connectivity index (χ0n) is 18.0. The number of ether oxygens (including phenoxy) is 1. The number of carbonyl (C=O) groups excluding carboxylic acids is 1. The molecule has 1 unspecified atom stereocenters. The second kappa shape index (κ2) is 8.91. The molecule has 33 heavy (non-hydrogen) atoms. The van der Waals surface area contributed by atoms with Crippen molar-refractivity contribution in [1.82, 2.24) is 29.8 Å². The van der Waals surface area contributed by atoms with Crippen molar-refractivity contribution in [2.45, 2.75) is 26.1 Å². The van der Waals surface area contributed by atoms with Gasteiger partial charge in [-0.15, -0.1) is 4.80 Å². The molecular weight excluding hydrogens is 425 g/mol. The number of anilines is 1. The van der Waals surface area contributed by atoms with Gasteiger partial charge in [-0.05, 0) is 49.7 Å². The van der Waals surface area contributed by atoms with Gasteiger partial charge in [0.1, 0.15) is 23.4 Å². The summed E-state index contributed by atoms with van der Waals surface area (Å²) in [6, 6.07) is 10.1. The van der Waals surface area contributed by atoms with Crippen LogP contribution in [0.25, 0.3) is 16.9 Å². The second-order valence-corrected chi connectivity index (χ2v) is 7.76. The maximum absolute atomic E-state index is 13.3. The highest BCUT2D eigenvalue weighted by atomic mass is 19.1. The maximum Gasteiger partial charge on any atom is 0.170 e. The fourth-order valence-electron chi connectivity index (χ4n) is 4.02. The Morgan fingerprint density at radius 1 is 1.18 bits per heavy atom. The minimum Gasteiger partial charge on any atom is -0.356 e. The number of pyridine rings is 1. The molecule has 0 N–H and O–H groups in total. The first-order chi connectivity index (χ1) is 16.1. The average Bonchev–Trinajstić information content (AvgIpc) is 3.52. The number of benzene rings is 1. The van der Waals surface area contributed by atoms with Gasteiger partial charge in [0.15, 0.2) is 6.29 Å². The van der Waals surface area contributed by atoms with Crippen molar-refractivity contribution < 1.29 is 13.9 Å². The molecule has 0 saturated carbocycles. The normalized spacial score (nSPS) is 16.2. The largest absolute Gasteiger partial charge is 0.356 e. The first-order valence-electron chi connectivity index (χ1n) is 10.6. The van der Waals surface area contributed by atoms with E-state index < -0.39 is 0 Å². The third kappa shape index (κ3) is 4.24. The number of carbonyl (C=O) groups is 1. The fraction of sp³-hybridized carbons (Fsp3) is 0.261. The lowest BCUT2D eigenvalue weighted by molar-refractivity contribution is 0.0133. The zero-order chi connectivity index (χ0) is 22.8. The van der Waals surface area contributed by atoms with Gasteiger partial charge in [-0.2, -0.15) is 15.3 Å². The van der Waals surface area contributed by atoms with Crippen LogP contribution < -0.4 is 4.90 Å². The summed E-state index contributed by atoms with van der Waals surface area (Å²) in [6.07, 6.45) is 6.22. The molecule has 5 rings (SSSR count). The van der Waals surface area contributed by atoms with Crippen LogP contribution in [0.5, 0.6) is 0 Å². The highest BCUT2D eigenvalue weighted by molar-refractivity contribution is 5.83. The minimum atomic E-state index is -0.324. The van der Waals surface area contributed by atoms with Gasteiger partial charge in [0.2, 0.25) is 0 Å². The Kier molecular flexibility index (Phi) is 5.66. The van der Waals surface area contributed by atoms with E-state index in [-0.39, 0.29) is 17.7 Å². The summed E-state index contributed by atoms with van der Waals surface area (Å²) in [4.78, 5) is 19.7. The van der Waals surface area contributed by atoms with E-state index in [1.165, 1.54) is 16.9 Å². The van der Waals surface area contributed by atoms with Crippen molar-refractivity contribution in [3.63, 3.8) is 0 Å². The predicted molar refractivity (Wildman–Crippen MR) is 119 cm³/mol. The number of aldehydes is 1. The molecule has 10 heteroatoms. The van der Waals surface area contributed by atoms with Crippen LogP contribution in [0.15, 0.2) is 55.0 Å². The molecule has 1 fully saturated rings. The molecule has 3 aromatic heterocycles. The van der Waals surface area contributed by atoms with Crippen LogP contribution in [0.4, 0.5) is 10.1 Å². The summed E-state index contributed by atoms with van der Waals surface area (Å²) >= 11 is 0. The number of hydrogen-bond acceptors (Lipinski definition) is 7. The highest BCUT2D eigenvalue weighted by Crippen LogP contribution is 2.31. The SMILES string of the molecule is Cc1cc(N2CCCOC2Cn2ccc(-c3ccc(F)cc3)n2)c(-n2nccn2)c(C=O)n1. The van der Waals surface area contributed by atoms with E-state index >= 15 is 0 Å². The van der Waals surface area contributed by atoms with E-state index in [1.807, 2.05) is 29.9 Å². The molecule has 0 spiro atoms. The Morgan fingerprint density at radius 2 is 1.97 bits per heavy atom. The van der Waals surface area contributed by atoms with Crippen LogP contribution in [-0.2, 0) is 11.3 Å². The Labute approximate surface area is 189 Å². The topological polar surface area (TPSA) is 91.0 Å². The lowest BCUT2D eigenvalue weighted by atomic mass is 10.1. The first-order valence-corrected chi connectivity index (χ1v) is 10.6. The van der Waals surface area contributed by atoms with Crippen molar-refractivity contribution >= 4 is 12.0 Å². The Balaban J connectivity index is 1.48. The summed E-state index contributed by atoms with van der Waals surface area (Å²) in [5.74, 6) is -0.283. The number of hydrogen-bond donors (Lipinski definition) is 0. The van der Waals surface area contributed by atoms with Crippen molar-refractivity contribution in [3.05, 3.63) is 72.2 Å². The maximum atomic E-state index is 13.3. The van der Waals surface area contributed by atoms with E-state index in [0.717, 1.165) is 36.2 Å².